The molecule has 0 aliphatic heterocycles. The lowest BCUT2D eigenvalue weighted by atomic mass is 10.3. The number of H-pyrrole nitrogens is 1. The van der Waals surface area contributed by atoms with Gasteiger partial charge in [0.25, 0.3) is 5.91 Å². The van der Waals surface area contributed by atoms with Crippen molar-refractivity contribution in [3.8, 4) is 0 Å². The van der Waals surface area contributed by atoms with E-state index in [1.54, 1.807) is 24.1 Å². The van der Waals surface area contributed by atoms with Gasteiger partial charge in [-0.25, -0.2) is 0 Å². The fourth-order valence-electron chi connectivity index (χ4n) is 1.87. The number of rotatable bonds is 3. The third kappa shape index (κ3) is 2.32. The zero-order chi connectivity index (χ0) is 11.7. The van der Waals surface area contributed by atoms with Crippen molar-refractivity contribution >= 4 is 5.91 Å². The van der Waals surface area contributed by atoms with E-state index in [1.807, 2.05) is 0 Å². The van der Waals surface area contributed by atoms with Crippen LogP contribution in [-0.2, 0) is 0 Å². The van der Waals surface area contributed by atoms with E-state index in [2.05, 4.69) is 11.9 Å². The topological polar surface area (TPSA) is 53.2 Å². The summed E-state index contributed by atoms with van der Waals surface area (Å²) in [6, 6.07) is 4.63. The van der Waals surface area contributed by atoms with Crippen molar-refractivity contribution in [2.75, 3.05) is 13.6 Å². The van der Waals surface area contributed by atoms with E-state index in [0.717, 1.165) is 12.5 Å². The fraction of sp³-hybridized carbons (Fsp3) is 0.500. The average molecular weight is 220 g/mol. The minimum atomic E-state index is -0.237. The maximum absolute atomic E-state index is 11.9. The zero-order valence-electron chi connectivity index (χ0n) is 9.56. The van der Waals surface area contributed by atoms with Crippen LogP contribution in [0.2, 0.25) is 0 Å². The lowest BCUT2D eigenvalue weighted by molar-refractivity contribution is 0.0781. The molecule has 86 valence electrons. The van der Waals surface area contributed by atoms with E-state index in [4.69, 9.17) is 0 Å². The summed E-state index contributed by atoms with van der Waals surface area (Å²) in [5, 5.41) is 0. The monoisotopic (exact) mass is 220 g/mol. The van der Waals surface area contributed by atoms with Gasteiger partial charge in [0.2, 0.25) is 5.56 Å². The van der Waals surface area contributed by atoms with Crippen molar-refractivity contribution in [1.29, 1.82) is 0 Å². The number of nitrogens with one attached hydrogen (secondary N) is 1. The highest BCUT2D eigenvalue weighted by Gasteiger charge is 2.34. The molecule has 2 unspecified atom stereocenters. The Kier molecular flexibility index (Phi) is 2.81. The molecule has 16 heavy (non-hydrogen) atoms. The molecule has 2 rings (SSSR count). The Hall–Kier alpha value is -1.58. The first kappa shape index (κ1) is 10.9. The molecule has 1 N–H and O–H groups in total. The molecule has 0 spiro atoms. The number of pyridine rings is 1. The second kappa shape index (κ2) is 4.12. The van der Waals surface area contributed by atoms with Gasteiger partial charge in [0, 0.05) is 19.7 Å². The van der Waals surface area contributed by atoms with Crippen molar-refractivity contribution in [3.05, 3.63) is 34.2 Å². The molecule has 1 aromatic rings. The summed E-state index contributed by atoms with van der Waals surface area (Å²) < 4.78 is 0. The Balaban J connectivity index is 2.03. The van der Waals surface area contributed by atoms with E-state index in [1.165, 1.54) is 12.5 Å². The molecule has 1 fully saturated rings. The van der Waals surface area contributed by atoms with Crippen LogP contribution >= 0.6 is 0 Å². The molecule has 1 aliphatic rings. The summed E-state index contributed by atoms with van der Waals surface area (Å²) in [5.74, 6) is 1.24. The Morgan fingerprint density at radius 2 is 2.25 bits per heavy atom. The maximum Gasteiger partial charge on any atom is 0.270 e. The quantitative estimate of drug-likeness (QED) is 0.829. The highest BCUT2D eigenvalue weighted by molar-refractivity contribution is 5.92. The Bertz CT molecular complexity index is 452. The number of hydrogen-bond acceptors (Lipinski definition) is 2. The summed E-state index contributed by atoms with van der Waals surface area (Å²) >= 11 is 0. The number of aromatic amines is 1. The molecule has 2 atom stereocenters. The van der Waals surface area contributed by atoms with Gasteiger partial charge in [-0.05, 0) is 24.3 Å². The molecule has 0 radical (unpaired) electrons. The van der Waals surface area contributed by atoms with E-state index in [-0.39, 0.29) is 11.5 Å². The second-order valence-electron chi connectivity index (χ2n) is 4.59. The summed E-state index contributed by atoms with van der Waals surface area (Å²) in [4.78, 5) is 27.2. The average Bonchev–Trinajstić information content (AvgIpc) is 2.93. The van der Waals surface area contributed by atoms with Crippen molar-refractivity contribution in [3.63, 3.8) is 0 Å². The zero-order valence-corrected chi connectivity index (χ0v) is 9.56. The molecular formula is C12H16N2O2. The van der Waals surface area contributed by atoms with Gasteiger partial charge in [-0.3, -0.25) is 9.59 Å². The molecule has 1 aliphatic carbocycles. The predicted octanol–water partition coefficient (Wildman–Crippen LogP) is 1.10. The number of carbonyl (C=O) groups excluding carboxylic acids is 1. The molecule has 1 aromatic heterocycles. The summed E-state index contributed by atoms with van der Waals surface area (Å²) in [6.07, 6.45) is 1.20. The number of amides is 1. The standard InChI is InChI=1S/C12H16N2O2/c1-8-6-9(8)7-14(2)12(16)10-4-3-5-11(15)13-10/h3-5,8-9H,6-7H2,1-2H3,(H,13,15). The van der Waals surface area contributed by atoms with E-state index >= 15 is 0 Å². The molecule has 1 saturated carbocycles. The fourth-order valence-corrected chi connectivity index (χ4v) is 1.87. The third-order valence-corrected chi connectivity index (χ3v) is 3.13. The predicted molar refractivity (Wildman–Crippen MR) is 61.3 cm³/mol. The Morgan fingerprint density at radius 3 is 2.81 bits per heavy atom. The number of nitrogens with zero attached hydrogens (tertiary/aromatic N) is 1. The molecule has 0 aromatic carbocycles. The maximum atomic E-state index is 11.9. The largest absolute Gasteiger partial charge is 0.340 e. The van der Waals surface area contributed by atoms with E-state index in [0.29, 0.717) is 11.6 Å². The lowest BCUT2D eigenvalue weighted by Gasteiger charge is -2.16. The van der Waals surface area contributed by atoms with Crippen LogP contribution in [0.25, 0.3) is 0 Å². The Labute approximate surface area is 94.3 Å². The van der Waals surface area contributed by atoms with Crippen LogP contribution in [0.5, 0.6) is 0 Å². The van der Waals surface area contributed by atoms with E-state index < -0.39 is 0 Å². The van der Waals surface area contributed by atoms with Gasteiger partial charge < -0.3 is 9.88 Å². The summed E-state index contributed by atoms with van der Waals surface area (Å²) in [7, 11) is 1.78. The molecule has 4 nitrogen and oxygen atoms in total. The number of carbonyl (C=O) groups is 1. The van der Waals surface area contributed by atoms with Crippen molar-refractivity contribution in [1.82, 2.24) is 9.88 Å². The highest BCUT2D eigenvalue weighted by Crippen LogP contribution is 2.38. The van der Waals surface area contributed by atoms with Gasteiger partial charge in [-0.15, -0.1) is 0 Å². The lowest BCUT2D eigenvalue weighted by Crippen LogP contribution is -2.30. The van der Waals surface area contributed by atoms with Gasteiger partial charge in [-0.2, -0.15) is 0 Å². The molecule has 1 amide bonds. The normalized spacial score (nSPS) is 22.9. The van der Waals surface area contributed by atoms with Gasteiger partial charge >= 0.3 is 0 Å². The van der Waals surface area contributed by atoms with Gasteiger partial charge in [0.05, 0.1) is 0 Å². The van der Waals surface area contributed by atoms with Crippen LogP contribution < -0.4 is 5.56 Å². The minimum Gasteiger partial charge on any atom is -0.340 e. The van der Waals surface area contributed by atoms with E-state index in [9.17, 15) is 9.59 Å². The first-order valence-electron chi connectivity index (χ1n) is 5.52. The van der Waals surface area contributed by atoms with Crippen LogP contribution in [0.4, 0.5) is 0 Å². The van der Waals surface area contributed by atoms with Gasteiger partial charge in [-0.1, -0.05) is 13.0 Å². The van der Waals surface area contributed by atoms with Gasteiger partial charge in [0.1, 0.15) is 5.69 Å². The molecule has 0 bridgehead atoms. The highest BCUT2D eigenvalue weighted by atomic mass is 16.2. The molecule has 0 saturated heterocycles. The first-order chi connectivity index (χ1) is 7.58. The smallest absolute Gasteiger partial charge is 0.270 e. The van der Waals surface area contributed by atoms with Crippen LogP contribution in [0.1, 0.15) is 23.8 Å². The molecule has 1 heterocycles. The first-order valence-corrected chi connectivity index (χ1v) is 5.52. The number of aromatic nitrogens is 1. The summed E-state index contributed by atoms with van der Waals surface area (Å²) in [6.45, 7) is 2.96. The second-order valence-corrected chi connectivity index (χ2v) is 4.59. The van der Waals surface area contributed by atoms with Crippen LogP contribution in [0.3, 0.4) is 0 Å². The molecular weight excluding hydrogens is 204 g/mol. The minimum absolute atomic E-state index is 0.114. The Morgan fingerprint density at radius 1 is 1.56 bits per heavy atom. The van der Waals surface area contributed by atoms with Crippen molar-refractivity contribution in [2.24, 2.45) is 11.8 Å². The van der Waals surface area contributed by atoms with Crippen LogP contribution in [-0.4, -0.2) is 29.4 Å². The SMILES string of the molecule is CC1CC1CN(C)C(=O)c1cccc(=O)[nH]1. The van der Waals surface area contributed by atoms with Crippen LogP contribution in [0.15, 0.2) is 23.0 Å². The van der Waals surface area contributed by atoms with Crippen molar-refractivity contribution in [2.45, 2.75) is 13.3 Å². The van der Waals surface area contributed by atoms with Crippen LogP contribution in [0, 0.1) is 11.8 Å². The van der Waals surface area contributed by atoms with Crippen molar-refractivity contribution < 1.29 is 4.79 Å². The van der Waals surface area contributed by atoms with Gasteiger partial charge in [0.15, 0.2) is 0 Å². The molecule has 4 heteroatoms. The third-order valence-electron chi connectivity index (χ3n) is 3.13. The number of hydrogen-bond donors (Lipinski definition) is 1. The summed E-state index contributed by atoms with van der Waals surface area (Å²) in [5.41, 5.74) is 0.127.